The Morgan fingerprint density at radius 3 is 2.56 bits per heavy atom. The molecule has 0 aromatic carbocycles. The molecule has 0 radical (unpaired) electrons. The summed E-state index contributed by atoms with van der Waals surface area (Å²) in [5.74, 6) is 0.748. The Bertz CT molecular complexity index is 211. The molecule has 50 valence electrons. The third kappa shape index (κ3) is 1.54. The normalized spacial score (nSPS) is 9.67. The summed E-state index contributed by atoms with van der Waals surface area (Å²) >= 11 is 3.86. The predicted molar refractivity (Wildman–Crippen MR) is 46.1 cm³/mol. The van der Waals surface area contributed by atoms with Crippen molar-refractivity contribution < 1.29 is 4.74 Å². The van der Waals surface area contributed by atoms with Crippen LogP contribution in [0.25, 0.3) is 0 Å². The molecule has 0 unspecified atom stereocenters. The molecule has 9 heavy (non-hydrogen) atoms. The van der Waals surface area contributed by atoms with Gasteiger partial charge in [0, 0.05) is 0 Å². The highest BCUT2D eigenvalue weighted by Gasteiger charge is 2.03. The van der Waals surface area contributed by atoms with Crippen LogP contribution in [0.1, 0.15) is 5.01 Å². The van der Waals surface area contributed by atoms with Gasteiger partial charge in [0.1, 0.15) is 2.88 Å². The molecule has 4 heteroatoms. The van der Waals surface area contributed by atoms with Gasteiger partial charge in [-0.3, -0.25) is 0 Å². The van der Waals surface area contributed by atoms with Crippen molar-refractivity contribution in [3.8, 4) is 5.88 Å². The fourth-order valence-electron chi connectivity index (χ4n) is 0.509. The highest BCUT2D eigenvalue weighted by molar-refractivity contribution is 14.1. The van der Waals surface area contributed by atoms with Crippen LogP contribution in [0, 0.1) is 9.81 Å². The number of aryl methyl sites for hydroxylation is 1. The number of halogens is 1. The third-order valence-electron chi connectivity index (χ3n) is 0.858. The highest BCUT2D eigenvalue weighted by Crippen LogP contribution is 2.25. The van der Waals surface area contributed by atoms with E-state index in [1.807, 2.05) is 6.92 Å². The van der Waals surface area contributed by atoms with Gasteiger partial charge in [-0.2, -0.15) is 0 Å². The number of nitrogens with zero attached hydrogens (tertiary/aromatic N) is 1. The van der Waals surface area contributed by atoms with Crippen LogP contribution in [0.5, 0.6) is 5.88 Å². The van der Waals surface area contributed by atoms with Gasteiger partial charge < -0.3 is 4.74 Å². The molecule has 2 nitrogen and oxygen atoms in total. The molecule has 0 aliphatic heterocycles. The van der Waals surface area contributed by atoms with Crippen molar-refractivity contribution in [2.75, 3.05) is 7.11 Å². The van der Waals surface area contributed by atoms with Crippen molar-refractivity contribution in [3.63, 3.8) is 0 Å². The number of hydrogen-bond donors (Lipinski definition) is 0. The van der Waals surface area contributed by atoms with Crippen LogP contribution in [0.4, 0.5) is 0 Å². The summed E-state index contributed by atoms with van der Waals surface area (Å²) in [4.78, 5) is 4.12. The lowest BCUT2D eigenvalue weighted by Gasteiger charge is -1.89. The first kappa shape index (κ1) is 7.27. The van der Waals surface area contributed by atoms with Crippen molar-refractivity contribution in [3.05, 3.63) is 7.89 Å². The van der Waals surface area contributed by atoms with Crippen LogP contribution >= 0.6 is 33.9 Å². The number of ether oxygens (including phenoxy) is 1. The van der Waals surface area contributed by atoms with Gasteiger partial charge in [-0.25, -0.2) is 4.98 Å². The van der Waals surface area contributed by atoms with Gasteiger partial charge >= 0.3 is 0 Å². The maximum absolute atomic E-state index is 4.96. The zero-order valence-corrected chi connectivity index (χ0v) is 8.12. The van der Waals surface area contributed by atoms with Crippen LogP contribution in [0.2, 0.25) is 0 Å². The molecule has 1 heterocycles. The minimum atomic E-state index is 0.748. The zero-order valence-electron chi connectivity index (χ0n) is 5.14. The molecule has 0 fully saturated rings. The van der Waals surface area contributed by atoms with Crippen LogP contribution in [-0.4, -0.2) is 12.1 Å². The van der Waals surface area contributed by atoms with E-state index < -0.39 is 0 Å². The van der Waals surface area contributed by atoms with E-state index in [-0.39, 0.29) is 0 Å². The largest absolute Gasteiger partial charge is 0.480 e. The molecule has 1 rings (SSSR count). The Morgan fingerprint density at radius 2 is 2.33 bits per heavy atom. The molecule has 0 saturated carbocycles. The standard InChI is InChI=1S/C5H6INOS/c1-3-7-5(8-2)4(6)9-3/h1-2H3. The summed E-state index contributed by atoms with van der Waals surface area (Å²) in [6, 6.07) is 0. The second kappa shape index (κ2) is 2.83. The Hall–Kier alpha value is 0.160. The number of aromatic nitrogens is 1. The molecule has 0 atom stereocenters. The van der Waals surface area contributed by atoms with E-state index in [9.17, 15) is 0 Å². The Balaban J connectivity index is 3.01. The molecular formula is C5H6INOS. The smallest absolute Gasteiger partial charge is 0.238 e. The molecule has 0 bridgehead atoms. The predicted octanol–water partition coefficient (Wildman–Crippen LogP) is 2.06. The number of thiazole rings is 1. The van der Waals surface area contributed by atoms with E-state index >= 15 is 0 Å². The van der Waals surface area contributed by atoms with Gasteiger partial charge in [-0.05, 0) is 29.5 Å². The van der Waals surface area contributed by atoms with Gasteiger partial charge in [0.05, 0.1) is 12.1 Å². The third-order valence-corrected chi connectivity index (χ3v) is 2.72. The highest BCUT2D eigenvalue weighted by atomic mass is 127. The second-order valence-corrected chi connectivity index (χ2v) is 4.53. The lowest BCUT2D eigenvalue weighted by atomic mass is 10.8. The molecule has 0 aliphatic carbocycles. The van der Waals surface area contributed by atoms with E-state index in [2.05, 4.69) is 27.6 Å². The summed E-state index contributed by atoms with van der Waals surface area (Å²) in [7, 11) is 1.64. The molecule has 1 aromatic rings. The SMILES string of the molecule is COc1nc(C)sc1I. The number of rotatable bonds is 1. The van der Waals surface area contributed by atoms with E-state index in [0.29, 0.717) is 0 Å². The van der Waals surface area contributed by atoms with E-state index in [4.69, 9.17) is 4.74 Å². The second-order valence-electron chi connectivity index (χ2n) is 1.52. The monoisotopic (exact) mass is 255 g/mol. The van der Waals surface area contributed by atoms with Crippen molar-refractivity contribution in [2.24, 2.45) is 0 Å². The maximum Gasteiger partial charge on any atom is 0.238 e. The van der Waals surface area contributed by atoms with Gasteiger partial charge in [-0.1, -0.05) is 0 Å². The first-order valence-corrected chi connectivity index (χ1v) is 4.30. The minimum Gasteiger partial charge on any atom is -0.480 e. The van der Waals surface area contributed by atoms with Gasteiger partial charge in [0.15, 0.2) is 0 Å². The topological polar surface area (TPSA) is 22.1 Å². The van der Waals surface area contributed by atoms with Crippen molar-refractivity contribution in [1.82, 2.24) is 4.98 Å². The minimum absolute atomic E-state index is 0.748. The fraction of sp³-hybridized carbons (Fsp3) is 0.400. The fourth-order valence-corrected chi connectivity index (χ4v) is 2.41. The maximum atomic E-state index is 4.96. The summed E-state index contributed by atoms with van der Waals surface area (Å²) in [5, 5.41) is 1.05. The van der Waals surface area contributed by atoms with Crippen LogP contribution < -0.4 is 4.74 Å². The molecule has 0 amide bonds. The lowest BCUT2D eigenvalue weighted by Crippen LogP contribution is -1.83. The van der Waals surface area contributed by atoms with Crippen molar-refractivity contribution in [2.45, 2.75) is 6.92 Å². The molecule has 0 spiro atoms. The van der Waals surface area contributed by atoms with E-state index in [1.165, 1.54) is 0 Å². The van der Waals surface area contributed by atoms with E-state index in [1.54, 1.807) is 18.4 Å². The lowest BCUT2D eigenvalue weighted by molar-refractivity contribution is 0.397. The first-order valence-electron chi connectivity index (χ1n) is 2.41. The first-order chi connectivity index (χ1) is 4.24. The van der Waals surface area contributed by atoms with Crippen LogP contribution in [0.15, 0.2) is 0 Å². The van der Waals surface area contributed by atoms with Crippen LogP contribution in [-0.2, 0) is 0 Å². The molecule has 0 saturated heterocycles. The van der Waals surface area contributed by atoms with Gasteiger partial charge in [0.2, 0.25) is 5.88 Å². The summed E-state index contributed by atoms with van der Waals surface area (Å²) < 4.78 is 6.08. The van der Waals surface area contributed by atoms with E-state index in [0.717, 1.165) is 13.8 Å². The average molecular weight is 255 g/mol. The molecule has 1 aromatic heterocycles. The summed E-state index contributed by atoms with van der Waals surface area (Å²) in [5.41, 5.74) is 0. The quantitative estimate of drug-likeness (QED) is 0.716. The van der Waals surface area contributed by atoms with Gasteiger partial charge in [-0.15, -0.1) is 11.3 Å². The molecule has 0 aliphatic rings. The number of hydrogen-bond acceptors (Lipinski definition) is 3. The Morgan fingerprint density at radius 1 is 1.67 bits per heavy atom. The Kier molecular flexibility index (Phi) is 2.29. The molecule has 0 N–H and O–H groups in total. The Labute approximate surface area is 71.4 Å². The summed E-state index contributed by atoms with van der Waals surface area (Å²) in [6.07, 6.45) is 0. The average Bonchev–Trinajstić information content (AvgIpc) is 2.10. The number of methoxy groups -OCH3 is 1. The van der Waals surface area contributed by atoms with Crippen molar-refractivity contribution >= 4 is 33.9 Å². The zero-order chi connectivity index (χ0) is 6.85. The van der Waals surface area contributed by atoms with Crippen molar-refractivity contribution in [1.29, 1.82) is 0 Å². The molecular weight excluding hydrogens is 249 g/mol. The summed E-state index contributed by atoms with van der Waals surface area (Å²) in [6.45, 7) is 1.97. The van der Waals surface area contributed by atoms with Gasteiger partial charge in [0.25, 0.3) is 0 Å². The van der Waals surface area contributed by atoms with Crippen LogP contribution in [0.3, 0.4) is 0 Å².